The van der Waals surface area contributed by atoms with Crippen molar-refractivity contribution in [2.45, 2.75) is 37.2 Å². The third-order valence-electron chi connectivity index (χ3n) is 5.26. The van der Waals surface area contributed by atoms with Crippen molar-refractivity contribution in [3.63, 3.8) is 0 Å². The molecule has 3 aliphatic rings. The van der Waals surface area contributed by atoms with E-state index in [1.54, 1.807) is 11.0 Å². The van der Waals surface area contributed by atoms with Gasteiger partial charge in [-0.1, -0.05) is 6.92 Å². The lowest BCUT2D eigenvalue weighted by Crippen LogP contribution is -2.50. The number of anilines is 1. The summed E-state index contributed by atoms with van der Waals surface area (Å²) in [5.74, 6) is 0.488. The van der Waals surface area contributed by atoms with Crippen molar-refractivity contribution in [1.82, 2.24) is 9.21 Å². The summed E-state index contributed by atoms with van der Waals surface area (Å²) in [6, 6.07) is 4.52. The minimum absolute atomic E-state index is 0.113. The molecule has 8 nitrogen and oxygen atoms in total. The molecule has 1 saturated heterocycles. The fourth-order valence-corrected chi connectivity index (χ4v) is 4.89. The van der Waals surface area contributed by atoms with Crippen LogP contribution < -0.4 is 10.1 Å². The highest BCUT2D eigenvalue weighted by Crippen LogP contribution is 2.34. The second-order valence-corrected chi connectivity index (χ2v) is 9.10. The Morgan fingerprint density at radius 1 is 1.22 bits per heavy atom. The summed E-state index contributed by atoms with van der Waals surface area (Å²) < 4.78 is 32.9. The van der Waals surface area contributed by atoms with E-state index in [1.165, 1.54) is 16.4 Å². The molecule has 1 saturated carbocycles. The lowest BCUT2D eigenvalue weighted by atomic mass is 10.2. The fraction of sp³-hybridized carbons (Fsp3) is 0.556. The molecule has 2 heterocycles. The minimum Gasteiger partial charge on any atom is -0.478 e. The lowest BCUT2D eigenvalue weighted by molar-refractivity contribution is -0.133. The van der Waals surface area contributed by atoms with E-state index in [0.717, 1.165) is 12.8 Å². The number of hydrogen-bond acceptors (Lipinski definition) is 5. The van der Waals surface area contributed by atoms with Crippen molar-refractivity contribution in [3.8, 4) is 5.75 Å². The first kappa shape index (κ1) is 18.2. The third kappa shape index (κ3) is 3.41. The number of benzene rings is 1. The number of nitrogens with one attached hydrogen (secondary N) is 1. The van der Waals surface area contributed by atoms with Gasteiger partial charge in [0.1, 0.15) is 5.75 Å². The smallest absolute Gasteiger partial charge is 0.265 e. The predicted octanol–water partition coefficient (Wildman–Crippen LogP) is 1.04. The van der Waals surface area contributed by atoms with Gasteiger partial charge in [-0.3, -0.25) is 9.59 Å². The van der Waals surface area contributed by atoms with E-state index in [1.807, 2.05) is 6.92 Å². The number of carbonyl (C=O) groups excluding carboxylic acids is 2. The van der Waals surface area contributed by atoms with Crippen LogP contribution in [-0.2, 0) is 19.6 Å². The van der Waals surface area contributed by atoms with Crippen LogP contribution in [0.5, 0.6) is 5.75 Å². The molecule has 1 aliphatic carbocycles. The van der Waals surface area contributed by atoms with Crippen LogP contribution in [0.25, 0.3) is 0 Å². The average molecular weight is 393 g/mol. The Balaban J connectivity index is 1.49. The standard InChI is InChI=1S/C18H23N3O5S/c1-2-15-17(22)19-14-11-13(5-6-16(14)26-15)27(24,25)21-9-7-20(8-10-21)18(23)12-3-4-12/h5-6,11-12,15H,2-4,7-10H2,1H3,(H,19,22). The number of amides is 2. The van der Waals surface area contributed by atoms with Crippen molar-refractivity contribution >= 4 is 27.5 Å². The molecule has 27 heavy (non-hydrogen) atoms. The quantitative estimate of drug-likeness (QED) is 0.825. The molecule has 1 unspecified atom stereocenters. The van der Waals surface area contributed by atoms with Gasteiger partial charge in [0.15, 0.2) is 6.10 Å². The van der Waals surface area contributed by atoms with Gasteiger partial charge in [-0.15, -0.1) is 0 Å². The van der Waals surface area contributed by atoms with Crippen molar-refractivity contribution < 1.29 is 22.7 Å². The summed E-state index contributed by atoms with van der Waals surface area (Å²) in [7, 11) is -3.70. The Morgan fingerprint density at radius 2 is 1.93 bits per heavy atom. The zero-order chi connectivity index (χ0) is 19.2. The zero-order valence-electron chi connectivity index (χ0n) is 15.2. The van der Waals surface area contributed by atoms with Gasteiger partial charge in [-0.25, -0.2) is 8.42 Å². The van der Waals surface area contributed by atoms with Gasteiger partial charge in [0.2, 0.25) is 15.9 Å². The van der Waals surface area contributed by atoms with Crippen LogP contribution in [0.2, 0.25) is 0 Å². The highest BCUT2D eigenvalue weighted by Gasteiger charge is 2.37. The SMILES string of the molecule is CCC1Oc2ccc(S(=O)(=O)N3CCN(C(=O)C4CC4)CC3)cc2NC1=O. The highest BCUT2D eigenvalue weighted by atomic mass is 32.2. The number of ether oxygens (including phenoxy) is 1. The number of sulfonamides is 1. The molecule has 0 radical (unpaired) electrons. The molecule has 2 fully saturated rings. The maximum Gasteiger partial charge on any atom is 0.265 e. The summed E-state index contributed by atoms with van der Waals surface area (Å²) in [6.07, 6.45) is 1.87. The van der Waals surface area contributed by atoms with Gasteiger partial charge in [0.05, 0.1) is 10.6 Å². The van der Waals surface area contributed by atoms with Crippen molar-refractivity contribution in [2.24, 2.45) is 5.92 Å². The summed E-state index contributed by atoms with van der Waals surface area (Å²) in [6.45, 7) is 3.23. The normalized spacial score (nSPS) is 23.4. The molecule has 0 aromatic heterocycles. The van der Waals surface area contributed by atoms with E-state index in [0.29, 0.717) is 30.9 Å². The summed E-state index contributed by atoms with van der Waals surface area (Å²) in [4.78, 5) is 26.0. The Hall–Kier alpha value is -2.13. The maximum atomic E-state index is 13.0. The summed E-state index contributed by atoms with van der Waals surface area (Å²) >= 11 is 0. The predicted molar refractivity (Wildman–Crippen MR) is 97.8 cm³/mol. The molecule has 9 heteroatoms. The Labute approximate surface area is 158 Å². The first-order valence-corrected chi connectivity index (χ1v) is 10.7. The van der Waals surface area contributed by atoms with E-state index in [9.17, 15) is 18.0 Å². The number of carbonyl (C=O) groups is 2. The first-order chi connectivity index (χ1) is 12.9. The Kier molecular flexibility index (Phi) is 4.59. The Bertz CT molecular complexity index is 873. The molecular weight excluding hydrogens is 370 g/mol. The topological polar surface area (TPSA) is 96.0 Å². The van der Waals surface area contributed by atoms with Gasteiger partial charge in [0, 0.05) is 32.1 Å². The molecule has 1 atom stereocenters. The zero-order valence-corrected chi connectivity index (χ0v) is 16.0. The van der Waals surface area contributed by atoms with Crippen LogP contribution in [0.4, 0.5) is 5.69 Å². The molecular formula is C18H23N3O5S. The highest BCUT2D eigenvalue weighted by molar-refractivity contribution is 7.89. The van der Waals surface area contributed by atoms with E-state index in [4.69, 9.17) is 4.74 Å². The molecule has 1 N–H and O–H groups in total. The molecule has 0 spiro atoms. The van der Waals surface area contributed by atoms with Crippen molar-refractivity contribution in [1.29, 1.82) is 0 Å². The van der Waals surface area contributed by atoms with E-state index in [2.05, 4.69) is 5.32 Å². The van der Waals surface area contributed by atoms with E-state index < -0.39 is 16.1 Å². The lowest BCUT2D eigenvalue weighted by Gasteiger charge is -2.34. The van der Waals surface area contributed by atoms with Crippen LogP contribution in [0, 0.1) is 5.92 Å². The largest absolute Gasteiger partial charge is 0.478 e. The number of hydrogen-bond donors (Lipinski definition) is 1. The fourth-order valence-electron chi connectivity index (χ4n) is 3.45. The molecule has 0 bridgehead atoms. The maximum absolute atomic E-state index is 13.0. The van der Waals surface area contributed by atoms with Crippen molar-refractivity contribution in [3.05, 3.63) is 18.2 Å². The number of nitrogens with zero attached hydrogens (tertiary/aromatic N) is 2. The van der Waals surface area contributed by atoms with E-state index in [-0.39, 0.29) is 35.7 Å². The molecule has 146 valence electrons. The summed E-state index contributed by atoms with van der Waals surface area (Å²) in [5, 5.41) is 2.72. The average Bonchev–Trinajstić information content (AvgIpc) is 3.51. The first-order valence-electron chi connectivity index (χ1n) is 9.30. The van der Waals surface area contributed by atoms with Gasteiger partial charge >= 0.3 is 0 Å². The number of fused-ring (bicyclic) bond motifs is 1. The van der Waals surface area contributed by atoms with Gasteiger partial charge in [-0.2, -0.15) is 4.31 Å². The number of piperazine rings is 1. The van der Waals surface area contributed by atoms with E-state index >= 15 is 0 Å². The van der Waals surface area contributed by atoms with Crippen LogP contribution in [0.3, 0.4) is 0 Å². The van der Waals surface area contributed by atoms with Gasteiger partial charge < -0.3 is 15.0 Å². The molecule has 2 aliphatic heterocycles. The molecule has 4 rings (SSSR count). The third-order valence-corrected chi connectivity index (χ3v) is 7.15. The molecule has 1 aromatic carbocycles. The minimum atomic E-state index is -3.70. The van der Waals surface area contributed by atoms with Crippen LogP contribution in [-0.4, -0.2) is 61.7 Å². The van der Waals surface area contributed by atoms with Crippen LogP contribution in [0.15, 0.2) is 23.1 Å². The van der Waals surface area contributed by atoms with Crippen LogP contribution in [0.1, 0.15) is 26.2 Å². The number of rotatable bonds is 4. The summed E-state index contributed by atoms with van der Waals surface area (Å²) in [5.41, 5.74) is 0.369. The second-order valence-electron chi connectivity index (χ2n) is 7.17. The Morgan fingerprint density at radius 3 is 2.56 bits per heavy atom. The molecule has 2 amide bonds. The monoisotopic (exact) mass is 393 g/mol. The van der Waals surface area contributed by atoms with Gasteiger partial charge in [-0.05, 0) is 37.5 Å². The van der Waals surface area contributed by atoms with Crippen LogP contribution >= 0.6 is 0 Å². The second kappa shape index (κ2) is 6.79. The van der Waals surface area contributed by atoms with Gasteiger partial charge in [0.25, 0.3) is 5.91 Å². The molecule has 1 aromatic rings. The van der Waals surface area contributed by atoms with Crippen molar-refractivity contribution in [2.75, 3.05) is 31.5 Å².